The molecule has 22 heavy (non-hydrogen) atoms. The first kappa shape index (κ1) is 19.0. The summed E-state index contributed by atoms with van der Waals surface area (Å²) in [6.07, 6.45) is 6.20. The number of likely N-dealkylation sites (tertiary alicyclic amines) is 1. The van der Waals surface area contributed by atoms with E-state index < -0.39 is 12.1 Å². The number of halogens is 1. The van der Waals surface area contributed by atoms with E-state index in [9.17, 15) is 9.59 Å². The van der Waals surface area contributed by atoms with Gasteiger partial charge >= 0.3 is 6.03 Å². The molecule has 0 aromatic rings. The van der Waals surface area contributed by atoms with Gasteiger partial charge in [-0.2, -0.15) is 0 Å². The van der Waals surface area contributed by atoms with Crippen LogP contribution in [0.1, 0.15) is 45.4 Å². The summed E-state index contributed by atoms with van der Waals surface area (Å²) in [7, 11) is 0. The molecule has 3 amide bonds. The molecule has 0 radical (unpaired) electrons. The second kappa shape index (κ2) is 9.20. The highest BCUT2D eigenvalue weighted by Crippen LogP contribution is 2.28. The van der Waals surface area contributed by atoms with Crippen molar-refractivity contribution in [1.82, 2.24) is 15.5 Å². The molecule has 6 nitrogen and oxygen atoms in total. The molecule has 7 heteroatoms. The number of nitrogens with two attached hydrogens (primary N) is 1. The van der Waals surface area contributed by atoms with Gasteiger partial charge in [0.05, 0.1) is 0 Å². The van der Waals surface area contributed by atoms with Crippen LogP contribution in [0.2, 0.25) is 0 Å². The van der Waals surface area contributed by atoms with Gasteiger partial charge in [-0.3, -0.25) is 4.79 Å². The Kier molecular flexibility index (Phi) is 7.96. The number of carbonyl (C=O) groups is 2. The fourth-order valence-corrected chi connectivity index (χ4v) is 2.90. The monoisotopic (exact) mass is 332 g/mol. The van der Waals surface area contributed by atoms with Crippen LogP contribution < -0.4 is 16.4 Å². The maximum Gasteiger partial charge on any atom is 0.312 e. The lowest BCUT2D eigenvalue weighted by Crippen LogP contribution is -2.53. The fraction of sp³-hybridized carbons (Fsp3) is 0.867. The van der Waals surface area contributed by atoms with Gasteiger partial charge in [-0.1, -0.05) is 13.3 Å². The zero-order valence-electron chi connectivity index (χ0n) is 13.3. The molecule has 2 rings (SSSR count). The van der Waals surface area contributed by atoms with Gasteiger partial charge in [0, 0.05) is 19.1 Å². The maximum atomic E-state index is 12.4. The molecule has 1 saturated carbocycles. The molecule has 1 atom stereocenters. The zero-order chi connectivity index (χ0) is 15.2. The van der Waals surface area contributed by atoms with Crippen molar-refractivity contribution in [3.05, 3.63) is 0 Å². The number of hydrogen-bond acceptors (Lipinski definition) is 3. The van der Waals surface area contributed by atoms with Gasteiger partial charge in [-0.25, -0.2) is 4.79 Å². The topological polar surface area (TPSA) is 87.5 Å². The van der Waals surface area contributed by atoms with Gasteiger partial charge in [0.25, 0.3) is 0 Å². The molecular formula is C15H29ClN4O2. The summed E-state index contributed by atoms with van der Waals surface area (Å²) in [5, 5.41) is 6.17. The Labute approximate surface area is 139 Å². The maximum absolute atomic E-state index is 12.4. The average Bonchev–Trinajstić information content (AvgIpc) is 3.28. The first-order valence-electron chi connectivity index (χ1n) is 8.18. The summed E-state index contributed by atoms with van der Waals surface area (Å²) in [5.41, 5.74) is 5.16. The molecule has 128 valence electrons. The fourth-order valence-electron chi connectivity index (χ4n) is 2.90. The van der Waals surface area contributed by atoms with Crippen molar-refractivity contribution < 1.29 is 9.59 Å². The van der Waals surface area contributed by atoms with E-state index in [4.69, 9.17) is 5.73 Å². The normalized spacial score (nSPS) is 20.1. The number of hydrogen-bond donors (Lipinski definition) is 3. The van der Waals surface area contributed by atoms with E-state index in [1.54, 1.807) is 0 Å². The Morgan fingerprint density at radius 3 is 2.36 bits per heavy atom. The van der Waals surface area contributed by atoms with Gasteiger partial charge in [-0.15, -0.1) is 12.4 Å². The first-order chi connectivity index (χ1) is 10.1. The third-order valence-corrected chi connectivity index (χ3v) is 4.39. The Hall–Kier alpha value is -1.01. The summed E-state index contributed by atoms with van der Waals surface area (Å²) in [5.74, 6) is 0.898. The van der Waals surface area contributed by atoms with Crippen molar-refractivity contribution in [2.75, 3.05) is 19.6 Å². The van der Waals surface area contributed by atoms with Gasteiger partial charge in [-0.05, 0) is 44.6 Å². The van der Waals surface area contributed by atoms with E-state index in [1.807, 2.05) is 11.8 Å². The molecule has 0 spiro atoms. The minimum Gasteiger partial charge on any atom is -0.352 e. The molecular weight excluding hydrogens is 304 g/mol. The van der Waals surface area contributed by atoms with E-state index in [0.29, 0.717) is 12.5 Å². The molecule has 4 N–H and O–H groups in total. The van der Waals surface area contributed by atoms with Crippen molar-refractivity contribution >= 4 is 24.3 Å². The molecule has 0 aromatic carbocycles. The zero-order valence-corrected chi connectivity index (χ0v) is 14.2. The van der Waals surface area contributed by atoms with Crippen molar-refractivity contribution in [3.63, 3.8) is 0 Å². The largest absolute Gasteiger partial charge is 0.352 e. The highest BCUT2D eigenvalue weighted by molar-refractivity contribution is 5.86. The van der Waals surface area contributed by atoms with Crippen molar-refractivity contribution in [3.8, 4) is 0 Å². The second-order valence-electron chi connectivity index (χ2n) is 6.30. The minimum atomic E-state index is -0.622. The second-order valence-corrected chi connectivity index (χ2v) is 6.30. The standard InChI is InChI=1S/C15H28N4O2.ClH/c1-2-3-13(18-15(16)21)14(20)19-8-6-12(7-9-19)17-10-11-4-5-11;/h11-13,17H,2-10H2,1H3,(H3,16,18,21);1H/t13-;/m1./s1. The number of nitrogens with zero attached hydrogens (tertiary/aromatic N) is 1. The third-order valence-electron chi connectivity index (χ3n) is 4.39. The average molecular weight is 333 g/mol. The molecule has 0 bridgehead atoms. The highest BCUT2D eigenvalue weighted by Gasteiger charge is 2.29. The predicted molar refractivity (Wildman–Crippen MR) is 89.0 cm³/mol. The molecule has 0 unspecified atom stereocenters. The lowest BCUT2D eigenvalue weighted by Gasteiger charge is -2.34. The van der Waals surface area contributed by atoms with Crippen LogP contribution in [0.4, 0.5) is 4.79 Å². The number of carbonyl (C=O) groups excluding carboxylic acids is 2. The smallest absolute Gasteiger partial charge is 0.312 e. The molecule has 1 heterocycles. The molecule has 2 fully saturated rings. The number of primary amides is 1. The number of nitrogens with one attached hydrogen (secondary N) is 2. The summed E-state index contributed by atoms with van der Waals surface area (Å²) in [6.45, 7) is 4.65. The van der Waals surface area contributed by atoms with Crippen LogP contribution in [0.5, 0.6) is 0 Å². The van der Waals surface area contributed by atoms with Gasteiger partial charge < -0.3 is 21.3 Å². The molecule has 1 saturated heterocycles. The van der Waals surface area contributed by atoms with Crippen LogP contribution in [-0.4, -0.2) is 48.6 Å². The van der Waals surface area contributed by atoms with E-state index in [2.05, 4.69) is 10.6 Å². The minimum absolute atomic E-state index is 0. The van der Waals surface area contributed by atoms with Gasteiger partial charge in [0.15, 0.2) is 0 Å². The van der Waals surface area contributed by atoms with Crippen LogP contribution in [0, 0.1) is 5.92 Å². The number of rotatable bonds is 7. The van der Waals surface area contributed by atoms with Crippen LogP contribution in [0.15, 0.2) is 0 Å². The first-order valence-corrected chi connectivity index (χ1v) is 8.18. The van der Waals surface area contributed by atoms with Crippen molar-refractivity contribution in [1.29, 1.82) is 0 Å². The van der Waals surface area contributed by atoms with E-state index in [-0.39, 0.29) is 18.3 Å². The van der Waals surface area contributed by atoms with E-state index >= 15 is 0 Å². The summed E-state index contributed by atoms with van der Waals surface area (Å²) in [4.78, 5) is 25.3. The summed E-state index contributed by atoms with van der Waals surface area (Å²) >= 11 is 0. The lowest BCUT2D eigenvalue weighted by molar-refractivity contribution is -0.134. The van der Waals surface area contributed by atoms with Crippen LogP contribution in [0.25, 0.3) is 0 Å². The van der Waals surface area contributed by atoms with Crippen molar-refractivity contribution in [2.24, 2.45) is 11.7 Å². The summed E-state index contributed by atoms with van der Waals surface area (Å²) < 4.78 is 0. The predicted octanol–water partition coefficient (Wildman–Crippen LogP) is 1.24. The Balaban J connectivity index is 0.00000242. The SMILES string of the molecule is CCC[C@@H](NC(N)=O)C(=O)N1CCC(NCC2CC2)CC1.Cl. The Morgan fingerprint density at radius 1 is 1.23 bits per heavy atom. The van der Waals surface area contributed by atoms with E-state index in [1.165, 1.54) is 12.8 Å². The third kappa shape index (κ3) is 6.01. The molecule has 1 aliphatic carbocycles. The van der Waals surface area contributed by atoms with Crippen LogP contribution in [-0.2, 0) is 4.79 Å². The van der Waals surface area contributed by atoms with Crippen LogP contribution >= 0.6 is 12.4 Å². The molecule has 1 aliphatic heterocycles. The Morgan fingerprint density at radius 2 is 1.86 bits per heavy atom. The number of urea groups is 1. The number of piperidine rings is 1. The molecule has 0 aromatic heterocycles. The Bertz CT molecular complexity index is 369. The van der Waals surface area contributed by atoms with Gasteiger partial charge in [0.1, 0.15) is 6.04 Å². The van der Waals surface area contributed by atoms with Crippen LogP contribution in [0.3, 0.4) is 0 Å². The number of amides is 3. The van der Waals surface area contributed by atoms with E-state index in [0.717, 1.165) is 44.8 Å². The van der Waals surface area contributed by atoms with Crippen molar-refractivity contribution in [2.45, 2.75) is 57.5 Å². The highest BCUT2D eigenvalue weighted by atomic mass is 35.5. The lowest BCUT2D eigenvalue weighted by atomic mass is 10.0. The van der Waals surface area contributed by atoms with Gasteiger partial charge in [0.2, 0.25) is 5.91 Å². The summed E-state index contributed by atoms with van der Waals surface area (Å²) in [6, 6.07) is -0.561. The molecule has 2 aliphatic rings. The quantitative estimate of drug-likeness (QED) is 0.655.